The summed E-state index contributed by atoms with van der Waals surface area (Å²) in [5.74, 6) is 3.21. The summed E-state index contributed by atoms with van der Waals surface area (Å²) in [6, 6.07) is 2.41. The molecule has 4 unspecified atom stereocenters. The Bertz CT molecular complexity index is 1340. The van der Waals surface area contributed by atoms with E-state index >= 15 is 0 Å². The van der Waals surface area contributed by atoms with Crippen LogP contribution in [0.2, 0.25) is 0 Å². The van der Waals surface area contributed by atoms with Crippen molar-refractivity contribution in [3.8, 4) is 17.6 Å². The molecule has 8 nitrogen and oxygen atoms in total. The van der Waals surface area contributed by atoms with Gasteiger partial charge in [0.25, 0.3) is 0 Å². The van der Waals surface area contributed by atoms with Gasteiger partial charge in [-0.05, 0) is 70.3 Å². The van der Waals surface area contributed by atoms with Crippen molar-refractivity contribution in [1.82, 2.24) is 4.90 Å². The largest absolute Gasteiger partial charge is 0.510 e. The zero-order chi connectivity index (χ0) is 27.6. The Morgan fingerprint density at radius 1 is 1.13 bits per heavy atom. The third kappa shape index (κ3) is 4.00. The number of nitrogens with zero attached hydrogens (tertiary/aromatic N) is 1. The van der Waals surface area contributed by atoms with Crippen molar-refractivity contribution < 1.29 is 30.0 Å². The Kier molecular flexibility index (Phi) is 6.36. The molecule has 4 aliphatic carbocycles. The molecule has 0 spiro atoms. The number of rotatable bonds is 2. The van der Waals surface area contributed by atoms with Crippen molar-refractivity contribution >= 4 is 11.7 Å². The van der Waals surface area contributed by atoms with E-state index < -0.39 is 47.3 Å². The predicted molar refractivity (Wildman–Crippen MR) is 141 cm³/mol. The van der Waals surface area contributed by atoms with Gasteiger partial charge in [0.2, 0.25) is 5.91 Å². The SMILES string of the molecule is CN(C)C1C(O)=C(C(N)=O)CC2(O)C(O)=C3C(=O)c4c(O)ccc(C#CC5(C)CCCCC5)c4CC3CC12. The average molecular weight is 521 g/mol. The Morgan fingerprint density at radius 3 is 2.45 bits per heavy atom. The maximum atomic E-state index is 13.8. The van der Waals surface area contributed by atoms with Crippen molar-refractivity contribution in [2.75, 3.05) is 14.1 Å². The van der Waals surface area contributed by atoms with Gasteiger partial charge in [-0.2, -0.15) is 0 Å². The first-order valence-corrected chi connectivity index (χ1v) is 13.3. The van der Waals surface area contributed by atoms with E-state index in [1.165, 1.54) is 12.5 Å². The van der Waals surface area contributed by atoms with Crippen LogP contribution in [0.15, 0.2) is 34.8 Å². The quantitative estimate of drug-likeness (QED) is 0.377. The van der Waals surface area contributed by atoms with Gasteiger partial charge >= 0.3 is 0 Å². The van der Waals surface area contributed by atoms with Gasteiger partial charge in [-0.1, -0.05) is 31.1 Å². The number of nitrogens with two attached hydrogens (primary N) is 1. The second-order valence-corrected chi connectivity index (χ2v) is 11.9. The molecule has 5 rings (SSSR count). The van der Waals surface area contributed by atoms with Gasteiger partial charge in [-0.3, -0.25) is 14.5 Å². The molecule has 1 fully saturated rings. The monoisotopic (exact) mass is 520 g/mol. The molecule has 1 amide bonds. The molecule has 38 heavy (non-hydrogen) atoms. The van der Waals surface area contributed by atoms with E-state index in [2.05, 4.69) is 18.8 Å². The second-order valence-electron chi connectivity index (χ2n) is 11.9. The van der Waals surface area contributed by atoms with E-state index in [0.717, 1.165) is 25.7 Å². The summed E-state index contributed by atoms with van der Waals surface area (Å²) in [6.07, 6.45) is 5.77. The van der Waals surface area contributed by atoms with Crippen molar-refractivity contribution in [1.29, 1.82) is 0 Å². The van der Waals surface area contributed by atoms with E-state index in [-0.39, 0.29) is 40.1 Å². The number of primary amides is 1. The Labute approximate surface area is 222 Å². The summed E-state index contributed by atoms with van der Waals surface area (Å²) in [7, 11) is 3.42. The van der Waals surface area contributed by atoms with Crippen LogP contribution >= 0.6 is 0 Å². The number of phenols is 1. The number of likely N-dealkylation sites (N-methyl/N-ethyl adjacent to an activating group) is 1. The van der Waals surface area contributed by atoms with Crippen molar-refractivity contribution in [2.45, 2.75) is 69.9 Å². The summed E-state index contributed by atoms with van der Waals surface area (Å²) in [4.78, 5) is 27.6. The van der Waals surface area contributed by atoms with E-state index in [9.17, 15) is 30.0 Å². The molecule has 6 N–H and O–H groups in total. The first-order valence-electron chi connectivity index (χ1n) is 13.3. The molecule has 0 saturated heterocycles. The van der Waals surface area contributed by atoms with E-state index in [4.69, 9.17) is 5.73 Å². The van der Waals surface area contributed by atoms with Gasteiger partial charge in [0, 0.05) is 28.9 Å². The topological polar surface area (TPSA) is 144 Å². The normalized spacial score (nSPS) is 30.2. The molecule has 0 heterocycles. The highest BCUT2D eigenvalue weighted by Crippen LogP contribution is 2.53. The van der Waals surface area contributed by atoms with Crippen LogP contribution < -0.4 is 5.73 Å². The maximum Gasteiger partial charge on any atom is 0.248 e. The Balaban J connectivity index is 1.61. The third-order valence-electron chi connectivity index (χ3n) is 9.16. The first-order chi connectivity index (χ1) is 17.9. The number of Topliss-reactive ketones (excluding diaryl/α,β-unsaturated/α-hetero) is 1. The van der Waals surface area contributed by atoms with Gasteiger partial charge in [-0.25, -0.2) is 0 Å². The lowest BCUT2D eigenvalue weighted by Crippen LogP contribution is -2.59. The van der Waals surface area contributed by atoms with Crippen LogP contribution in [-0.2, 0) is 11.2 Å². The molecule has 1 aromatic carbocycles. The van der Waals surface area contributed by atoms with Crippen LogP contribution in [0.5, 0.6) is 5.75 Å². The number of carbonyl (C=O) groups excluding carboxylic acids is 2. The third-order valence-corrected chi connectivity index (χ3v) is 9.16. The standard InChI is InChI=1S/C30H36N2O6/c1-29(10-5-4-6-11-29)12-9-16-7-8-21(33)23-18(16)13-17-14-20-24(32(2)3)25(34)19(28(31)37)15-30(20,38)27(36)22(17)26(23)35/h7-8,17,20,24,33-34,36,38H,4-6,10-11,13-15H2,1-3H3,(H2,31,37). The number of aliphatic hydroxyl groups excluding tert-OH is 2. The number of ketones is 1. The fraction of sp³-hybridized carbons (Fsp3) is 0.533. The highest BCUT2D eigenvalue weighted by atomic mass is 16.3. The van der Waals surface area contributed by atoms with Crippen molar-refractivity contribution in [3.63, 3.8) is 0 Å². The van der Waals surface area contributed by atoms with Gasteiger partial charge in [0.1, 0.15) is 22.9 Å². The molecule has 0 aromatic heterocycles. The molecule has 4 atom stereocenters. The van der Waals surface area contributed by atoms with E-state index in [1.54, 1.807) is 25.1 Å². The van der Waals surface area contributed by atoms with Crippen molar-refractivity contribution in [3.05, 3.63) is 51.5 Å². The zero-order valence-electron chi connectivity index (χ0n) is 22.2. The summed E-state index contributed by atoms with van der Waals surface area (Å²) >= 11 is 0. The number of allylic oxidation sites excluding steroid dienone is 1. The fourth-order valence-corrected chi connectivity index (χ4v) is 7.13. The molecule has 0 aliphatic heterocycles. The van der Waals surface area contributed by atoms with Crippen LogP contribution in [0.25, 0.3) is 0 Å². The fourth-order valence-electron chi connectivity index (χ4n) is 7.13. The molecule has 202 valence electrons. The molecule has 1 aromatic rings. The van der Waals surface area contributed by atoms with Crippen LogP contribution in [0, 0.1) is 29.1 Å². The van der Waals surface area contributed by atoms with Gasteiger partial charge in [0.15, 0.2) is 5.78 Å². The smallest absolute Gasteiger partial charge is 0.248 e. The minimum Gasteiger partial charge on any atom is -0.510 e. The second kappa shape index (κ2) is 9.18. The summed E-state index contributed by atoms with van der Waals surface area (Å²) in [6.45, 7) is 2.17. The Hall–Kier alpha value is -3.28. The lowest BCUT2D eigenvalue weighted by atomic mass is 9.59. The van der Waals surface area contributed by atoms with Gasteiger partial charge in [-0.15, -0.1) is 0 Å². The highest BCUT2D eigenvalue weighted by Gasteiger charge is 2.58. The summed E-state index contributed by atoms with van der Waals surface area (Å²) in [5, 5.41) is 44.8. The number of amides is 1. The number of carbonyl (C=O) groups is 2. The lowest BCUT2D eigenvalue weighted by molar-refractivity contribution is -0.118. The minimum absolute atomic E-state index is 0.0404. The van der Waals surface area contributed by atoms with E-state index in [1.807, 2.05) is 0 Å². The average Bonchev–Trinajstić information content (AvgIpc) is 2.85. The number of hydrogen-bond donors (Lipinski definition) is 5. The van der Waals surface area contributed by atoms with Crippen LogP contribution in [0.1, 0.15) is 73.4 Å². The predicted octanol–water partition coefficient (Wildman–Crippen LogP) is 3.26. The molecule has 8 heteroatoms. The number of aliphatic hydroxyl groups is 3. The number of benzene rings is 1. The summed E-state index contributed by atoms with van der Waals surface area (Å²) < 4.78 is 0. The summed E-state index contributed by atoms with van der Waals surface area (Å²) in [5.41, 5.74) is 4.74. The van der Waals surface area contributed by atoms with Crippen LogP contribution in [0.4, 0.5) is 0 Å². The number of phenolic OH excluding ortho intramolecular Hbond substituents is 1. The Morgan fingerprint density at radius 2 is 1.82 bits per heavy atom. The number of fused-ring (bicyclic) bond motifs is 3. The molecule has 0 radical (unpaired) electrons. The maximum absolute atomic E-state index is 13.8. The molecular formula is C30H36N2O6. The first kappa shape index (κ1) is 26.3. The van der Waals surface area contributed by atoms with Crippen LogP contribution in [0.3, 0.4) is 0 Å². The minimum atomic E-state index is -1.97. The zero-order valence-corrected chi connectivity index (χ0v) is 22.2. The number of aromatic hydroxyl groups is 1. The van der Waals surface area contributed by atoms with Gasteiger partial charge < -0.3 is 26.2 Å². The molecule has 0 bridgehead atoms. The van der Waals surface area contributed by atoms with Crippen LogP contribution in [-0.4, -0.2) is 62.8 Å². The van der Waals surface area contributed by atoms with E-state index in [0.29, 0.717) is 17.5 Å². The molecule has 1 saturated carbocycles. The van der Waals surface area contributed by atoms with Crippen molar-refractivity contribution in [2.24, 2.45) is 23.0 Å². The highest BCUT2D eigenvalue weighted by molar-refractivity contribution is 6.13. The van der Waals surface area contributed by atoms with Gasteiger partial charge in [0.05, 0.1) is 17.2 Å². The lowest BCUT2D eigenvalue weighted by Gasteiger charge is -2.51. The molecular weight excluding hydrogens is 484 g/mol. The molecule has 4 aliphatic rings. The number of hydrogen-bond acceptors (Lipinski definition) is 7.